The number of halogens is 1. The van der Waals surface area contributed by atoms with E-state index in [0.29, 0.717) is 37.7 Å². The number of sulfonamides is 1. The van der Waals surface area contributed by atoms with Crippen LogP contribution in [0.1, 0.15) is 46.8 Å². The smallest absolute Gasteiger partial charge is 0.293 e. The van der Waals surface area contributed by atoms with Crippen LogP contribution in [0.25, 0.3) is 11.0 Å². The molecule has 3 aliphatic rings. The zero-order valence-corrected chi connectivity index (χ0v) is 33.4. The molecule has 2 fully saturated rings. The molecular weight excluding hydrogens is 784 g/mol. The minimum atomic E-state index is -4.55. The van der Waals surface area contributed by atoms with Crippen molar-refractivity contribution in [3.8, 4) is 11.5 Å². The number of aromatic amines is 1. The highest BCUT2D eigenvalue weighted by molar-refractivity contribution is 7.90. The molecule has 17 heteroatoms. The Labute approximate surface area is 341 Å². The van der Waals surface area contributed by atoms with Gasteiger partial charge in [-0.25, -0.2) is 18.1 Å². The molecule has 304 valence electrons. The molecule has 1 aliphatic carbocycles. The van der Waals surface area contributed by atoms with Gasteiger partial charge in [-0.05, 0) is 72.9 Å². The van der Waals surface area contributed by atoms with E-state index in [-0.39, 0.29) is 23.0 Å². The van der Waals surface area contributed by atoms with Crippen LogP contribution in [0.15, 0.2) is 84.0 Å². The zero-order chi connectivity index (χ0) is 40.2. The number of nitrogens with one attached hydrogen (secondary N) is 3. The maximum atomic E-state index is 13.9. The average Bonchev–Trinajstić information content (AvgIpc) is 3.58. The van der Waals surface area contributed by atoms with Crippen LogP contribution in [0, 0.1) is 10.1 Å². The molecule has 1 atom stereocenters. The summed E-state index contributed by atoms with van der Waals surface area (Å²) in [6, 6.07) is 18.7. The van der Waals surface area contributed by atoms with Gasteiger partial charge in [-0.1, -0.05) is 30.2 Å². The molecule has 2 saturated heterocycles. The maximum absolute atomic E-state index is 13.9. The molecule has 0 spiro atoms. The van der Waals surface area contributed by atoms with Crippen LogP contribution in [-0.4, -0.2) is 105 Å². The quantitative estimate of drug-likeness (QED) is 0.0722. The van der Waals surface area contributed by atoms with Crippen molar-refractivity contribution in [1.82, 2.24) is 24.5 Å². The van der Waals surface area contributed by atoms with Crippen molar-refractivity contribution in [1.29, 1.82) is 0 Å². The number of nitro benzene ring substituents is 1. The van der Waals surface area contributed by atoms with Crippen LogP contribution >= 0.6 is 11.6 Å². The number of pyridine rings is 1. The fourth-order valence-corrected chi connectivity index (χ4v) is 9.35. The van der Waals surface area contributed by atoms with Crippen LogP contribution in [0.5, 0.6) is 11.5 Å². The molecule has 1 amide bonds. The Morgan fingerprint density at radius 2 is 1.84 bits per heavy atom. The Morgan fingerprint density at radius 1 is 1.02 bits per heavy atom. The zero-order valence-electron chi connectivity index (χ0n) is 31.9. The number of carbonyl (C=O) groups excluding carboxylic acids is 1. The summed E-state index contributed by atoms with van der Waals surface area (Å²) in [6.07, 6.45) is 7.59. The Hall–Kier alpha value is -5.26. The first-order chi connectivity index (χ1) is 28.1. The minimum absolute atomic E-state index is 0.0389. The Bertz CT molecular complexity index is 2410. The number of ether oxygens (including phenoxy) is 2. The van der Waals surface area contributed by atoms with Gasteiger partial charge < -0.3 is 24.7 Å². The van der Waals surface area contributed by atoms with Crippen LogP contribution in [-0.2, 0) is 21.2 Å². The van der Waals surface area contributed by atoms with Gasteiger partial charge >= 0.3 is 0 Å². The van der Waals surface area contributed by atoms with Crippen molar-refractivity contribution in [2.24, 2.45) is 0 Å². The van der Waals surface area contributed by atoms with E-state index in [4.69, 9.17) is 21.1 Å². The van der Waals surface area contributed by atoms with Crippen LogP contribution in [0.4, 0.5) is 17.1 Å². The van der Waals surface area contributed by atoms with Crippen LogP contribution < -0.4 is 19.7 Å². The first kappa shape index (κ1) is 39.6. The number of piperazine rings is 1. The van der Waals surface area contributed by atoms with Crippen LogP contribution in [0.2, 0.25) is 5.02 Å². The second-order valence-electron chi connectivity index (χ2n) is 14.7. The summed E-state index contributed by atoms with van der Waals surface area (Å²) in [4.78, 5) is 39.2. The lowest BCUT2D eigenvalue weighted by Gasteiger charge is -2.40. The predicted molar refractivity (Wildman–Crippen MR) is 222 cm³/mol. The SMILES string of the molecule is O=C(NS(=O)(=O)c1ccc(NCCN2CCOCC2)c([N+](=O)[O-])c1)c1ccc(N2CCN([C@H]3CCCCc4c(Cl)cccc43)CC2)cc1Oc1cnc2[nH]ccc2c1. The normalized spacial score (nSPS) is 18.0. The fraction of sp³-hybridized carbons (Fsp3) is 0.366. The molecule has 58 heavy (non-hydrogen) atoms. The van der Waals surface area contributed by atoms with Crippen LogP contribution in [0.3, 0.4) is 0 Å². The van der Waals surface area contributed by atoms with E-state index >= 15 is 0 Å². The summed E-state index contributed by atoms with van der Waals surface area (Å²) in [5.74, 6) is -0.477. The standard InChI is InChI=1S/C41H45ClN8O7S/c42-35-6-3-5-33-32(35)4-1-2-7-37(33)49-18-16-48(17-19-49)29-8-10-34(39(25-29)57-30-24-28-12-13-44-40(28)45-27-30)41(51)46-58(54,55)31-9-11-36(38(26-31)50(52)53)43-14-15-47-20-22-56-23-21-47/h3,5-6,8-13,24-27,37,43H,1-2,4,7,14-23H2,(H,44,45)(H,46,51)/t37-/m0/s1. The number of benzene rings is 3. The topological polar surface area (TPSA) is 175 Å². The molecule has 0 unspecified atom stereocenters. The van der Waals surface area contributed by atoms with E-state index in [1.165, 1.54) is 35.5 Å². The van der Waals surface area contributed by atoms with Gasteiger partial charge in [0.05, 0.1) is 34.8 Å². The molecule has 5 aromatic rings. The van der Waals surface area contributed by atoms with Crippen molar-refractivity contribution in [2.45, 2.75) is 36.6 Å². The highest BCUT2D eigenvalue weighted by Gasteiger charge is 2.30. The molecule has 0 saturated carbocycles. The molecule has 2 aliphatic heterocycles. The van der Waals surface area contributed by atoms with E-state index < -0.39 is 31.4 Å². The minimum Gasteiger partial charge on any atom is -0.455 e. The number of aromatic nitrogens is 2. The third kappa shape index (κ3) is 8.76. The summed E-state index contributed by atoms with van der Waals surface area (Å²) in [5.41, 5.74) is 3.74. The second-order valence-corrected chi connectivity index (χ2v) is 16.8. The van der Waals surface area contributed by atoms with E-state index in [1.54, 1.807) is 24.4 Å². The van der Waals surface area contributed by atoms with Crippen molar-refractivity contribution < 1.29 is 27.6 Å². The Balaban J connectivity index is 1.01. The number of amides is 1. The number of morpholine rings is 1. The molecule has 0 bridgehead atoms. The van der Waals surface area contributed by atoms with Gasteiger partial charge in [0.1, 0.15) is 22.8 Å². The molecule has 3 N–H and O–H groups in total. The highest BCUT2D eigenvalue weighted by atomic mass is 35.5. The number of rotatable bonds is 12. The predicted octanol–water partition coefficient (Wildman–Crippen LogP) is 6.37. The molecular formula is C41H45ClN8O7S. The summed E-state index contributed by atoms with van der Waals surface area (Å²) < 4.78 is 41.0. The molecule has 15 nitrogen and oxygen atoms in total. The summed E-state index contributed by atoms with van der Waals surface area (Å²) in [6.45, 7) is 6.90. The van der Waals surface area contributed by atoms with E-state index in [1.807, 2.05) is 18.2 Å². The van der Waals surface area contributed by atoms with E-state index in [9.17, 15) is 23.3 Å². The van der Waals surface area contributed by atoms with Gasteiger partial charge in [0.15, 0.2) is 0 Å². The van der Waals surface area contributed by atoms with Crippen molar-refractivity contribution in [2.75, 3.05) is 75.8 Å². The largest absolute Gasteiger partial charge is 0.455 e. The first-order valence-corrected chi connectivity index (χ1v) is 21.4. The van der Waals surface area contributed by atoms with Crippen molar-refractivity contribution in [3.63, 3.8) is 0 Å². The van der Waals surface area contributed by atoms with Crippen molar-refractivity contribution in [3.05, 3.63) is 111 Å². The number of carbonyl (C=O) groups is 1. The monoisotopic (exact) mass is 828 g/mol. The number of nitrogens with zero attached hydrogens (tertiary/aromatic N) is 5. The summed E-state index contributed by atoms with van der Waals surface area (Å²) >= 11 is 6.64. The molecule has 2 aromatic heterocycles. The van der Waals surface area contributed by atoms with Gasteiger partial charge in [0, 0.05) is 92.8 Å². The lowest BCUT2D eigenvalue weighted by Crippen LogP contribution is -2.47. The molecule has 0 radical (unpaired) electrons. The molecule has 8 rings (SSSR count). The number of anilines is 2. The summed E-state index contributed by atoms with van der Waals surface area (Å²) in [5, 5.41) is 16.7. The van der Waals surface area contributed by atoms with Crippen molar-refractivity contribution >= 4 is 55.6 Å². The van der Waals surface area contributed by atoms with E-state index in [0.717, 1.165) is 87.1 Å². The Morgan fingerprint density at radius 3 is 2.66 bits per heavy atom. The van der Waals surface area contributed by atoms with Gasteiger partial charge in [-0.15, -0.1) is 0 Å². The lowest BCUT2D eigenvalue weighted by atomic mass is 9.97. The van der Waals surface area contributed by atoms with Gasteiger partial charge in [-0.2, -0.15) is 0 Å². The molecule has 4 heterocycles. The van der Waals surface area contributed by atoms with Gasteiger partial charge in [-0.3, -0.25) is 24.7 Å². The number of hydrogen-bond acceptors (Lipinski definition) is 12. The van der Waals surface area contributed by atoms with E-state index in [2.05, 4.69) is 40.8 Å². The summed E-state index contributed by atoms with van der Waals surface area (Å²) in [7, 11) is -4.55. The molecule has 3 aromatic carbocycles. The first-order valence-electron chi connectivity index (χ1n) is 19.5. The third-order valence-electron chi connectivity index (χ3n) is 11.2. The number of nitro groups is 1. The maximum Gasteiger partial charge on any atom is 0.293 e. The number of fused-ring (bicyclic) bond motifs is 2. The highest BCUT2D eigenvalue weighted by Crippen LogP contribution is 2.38. The fourth-order valence-electron chi connectivity index (χ4n) is 8.09. The van der Waals surface area contributed by atoms with Gasteiger partial charge in [0.25, 0.3) is 21.6 Å². The Kier molecular flexibility index (Phi) is 11.8. The second kappa shape index (κ2) is 17.3. The number of H-pyrrole nitrogens is 1. The number of hydrogen-bond donors (Lipinski definition) is 3. The third-order valence-corrected chi connectivity index (χ3v) is 12.8. The van der Waals surface area contributed by atoms with Gasteiger partial charge in [0.2, 0.25) is 0 Å². The average molecular weight is 829 g/mol. The lowest BCUT2D eigenvalue weighted by molar-refractivity contribution is -0.384.